The lowest BCUT2D eigenvalue weighted by atomic mass is 9.90. The summed E-state index contributed by atoms with van der Waals surface area (Å²) in [6, 6.07) is 0. The number of carbonyl (C=O) groups is 2. The number of imidazole rings is 1. The van der Waals surface area contributed by atoms with Gasteiger partial charge in [0.05, 0.1) is 5.54 Å². The molecule has 1 aromatic heterocycles. The topological polar surface area (TPSA) is 67.2 Å². The van der Waals surface area contributed by atoms with Crippen molar-refractivity contribution < 1.29 is 9.59 Å². The molecular weight excluding hydrogens is 304 g/mol. The van der Waals surface area contributed by atoms with E-state index in [9.17, 15) is 9.59 Å². The quantitative estimate of drug-likeness (QED) is 0.914. The Hall–Kier alpha value is -1.85. The van der Waals surface area contributed by atoms with Gasteiger partial charge in [-0.3, -0.25) is 9.59 Å². The van der Waals surface area contributed by atoms with Crippen LogP contribution in [0.3, 0.4) is 0 Å². The van der Waals surface area contributed by atoms with Crippen LogP contribution in [0.4, 0.5) is 0 Å². The number of rotatable bonds is 4. The molecule has 132 valence electrons. The smallest absolute Gasteiger partial charge is 0.272 e. The van der Waals surface area contributed by atoms with E-state index >= 15 is 0 Å². The average molecular weight is 332 g/mol. The van der Waals surface area contributed by atoms with E-state index in [4.69, 9.17) is 0 Å². The summed E-state index contributed by atoms with van der Waals surface area (Å²) >= 11 is 0. The van der Waals surface area contributed by atoms with Gasteiger partial charge in [0, 0.05) is 31.7 Å². The minimum Gasteiger partial charge on any atom is -0.342 e. The van der Waals surface area contributed by atoms with Gasteiger partial charge in [-0.2, -0.15) is 0 Å². The predicted molar refractivity (Wildman–Crippen MR) is 91.6 cm³/mol. The second-order valence-corrected chi connectivity index (χ2v) is 8.13. The molecule has 6 nitrogen and oxygen atoms in total. The molecule has 24 heavy (non-hydrogen) atoms. The molecule has 0 aromatic carbocycles. The molecule has 3 rings (SSSR count). The van der Waals surface area contributed by atoms with Crippen LogP contribution in [0.25, 0.3) is 0 Å². The summed E-state index contributed by atoms with van der Waals surface area (Å²) in [5.74, 6) is 1.08. The van der Waals surface area contributed by atoms with Crippen molar-refractivity contribution in [2.75, 3.05) is 13.1 Å². The zero-order chi connectivity index (χ0) is 17.9. The molecule has 1 saturated heterocycles. The Morgan fingerprint density at radius 3 is 2.38 bits per heavy atom. The number of hydrogen-bond donors (Lipinski definition) is 1. The van der Waals surface area contributed by atoms with Crippen LogP contribution in [0.1, 0.15) is 55.6 Å². The van der Waals surface area contributed by atoms with Crippen LogP contribution in [0.15, 0.2) is 0 Å². The van der Waals surface area contributed by atoms with Crippen LogP contribution in [0.5, 0.6) is 0 Å². The second kappa shape index (κ2) is 5.33. The number of nitrogens with zero attached hydrogens (tertiary/aromatic N) is 3. The number of likely N-dealkylation sites (tertiary alicyclic amines) is 1. The predicted octanol–water partition coefficient (Wildman–Crippen LogP) is 1.80. The highest BCUT2D eigenvalue weighted by Crippen LogP contribution is 2.55. The van der Waals surface area contributed by atoms with E-state index in [0.717, 1.165) is 24.4 Å². The molecule has 2 heterocycles. The lowest BCUT2D eigenvalue weighted by molar-refractivity contribution is -0.141. The van der Waals surface area contributed by atoms with Gasteiger partial charge in [0.2, 0.25) is 5.91 Å². The molecular formula is C18H28N4O2. The molecule has 0 bridgehead atoms. The van der Waals surface area contributed by atoms with E-state index < -0.39 is 0 Å². The Bertz CT molecular complexity index is 702. The normalized spacial score (nSPS) is 27.6. The molecule has 1 aromatic rings. The van der Waals surface area contributed by atoms with E-state index in [-0.39, 0.29) is 28.7 Å². The maximum atomic E-state index is 12.5. The Morgan fingerprint density at radius 1 is 1.29 bits per heavy atom. The molecule has 1 saturated carbocycles. The van der Waals surface area contributed by atoms with Crippen molar-refractivity contribution in [1.82, 2.24) is 19.8 Å². The van der Waals surface area contributed by atoms with Crippen LogP contribution in [-0.2, 0) is 11.8 Å². The summed E-state index contributed by atoms with van der Waals surface area (Å²) in [5, 5.41) is 3.06. The van der Waals surface area contributed by atoms with Crippen molar-refractivity contribution in [1.29, 1.82) is 0 Å². The molecule has 2 aliphatic rings. The summed E-state index contributed by atoms with van der Waals surface area (Å²) in [6.45, 7) is 11.3. The largest absolute Gasteiger partial charge is 0.342 e. The third-order valence-corrected chi connectivity index (χ3v) is 6.08. The molecule has 1 aliphatic heterocycles. The van der Waals surface area contributed by atoms with E-state index in [1.54, 1.807) is 0 Å². The van der Waals surface area contributed by atoms with Crippen molar-refractivity contribution >= 4 is 11.8 Å². The first-order chi connectivity index (χ1) is 11.1. The van der Waals surface area contributed by atoms with E-state index in [2.05, 4.69) is 24.1 Å². The van der Waals surface area contributed by atoms with Crippen LogP contribution in [0.2, 0.25) is 0 Å². The molecule has 2 fully saturated rings. The molecule has 0 radical (unpaired) electrons. The molecule has 1 N–H and O–H groups in total. The van der Waals surface area contributed by atoms with Crippen LogP contribution >= 0.6 is 0 Å². The van der Waals surface area contributed by atoms with E-state index in [1.165, 1.54) is 0 Å². The third kappa shape index (κ3) is 2.62. The molecule has 2 amide bonds. The van der Waals surface area contributed by atoms with Crippen molar-refractivity contribution in [3.8, 4) is 0 Å². The maximum absolute atomic E-state index is 12.5. The Labute approximate surface area is 143 Å². The summed E-state index contributed by atoms with van der Waals surface area (Å²) in [7, 11) is 1.90. The summed E-state index contributed by atoms with van der Waals surface area (Å²) in [6.07, 6.45) is 2.04. The number of carbonyl (C=O) groups excluding carboxylic acids is 2. The number of nitrogens with one attached hydrogen (secondary N) is 1. The SMILES string of the molecule is CCC1(C)CC1C(=O)N1CC(C)(NC(=O)c2nc(C)n(C)c2C)C1. The Morgan fingerprint density at radius 2 is 1.92 bits per heavy atom. The highest BCUT2D eigenvalue weighted by molar-refractivity contribution is 5.94. The third-order valence-electron chi connectivity index (χ3n) is 6.08. The zero-order valence-corrected chi connectivity index (χ0v) is 15.6. The van der Waals surface area contributed by atoms with Crippen LogP contribution < -0.4 is 5.32 Å². The molecule has 6 heteroatoms. The number of hydrogen-bond acceptors (Lipinski definition) is 3. The zero-order valence-electron chi connectivity index (χ0n) is 15.6. The first kappa shape index (κ1) is 17.0. The van der Waals surface area contributed by atoms with Crippen molar-refractivity contribution in [2.45, 2.75) is 53.0 Å². The standard InChI is InChI=1S/C18H28N4O2/c1-7-17(4)8-13(17)16(24)22-9-18(5,10-22)20-15(23)14-11(2)21(6)12(3)19-14/h13H,7-10H2,1-6H3,(H,20,23). The first-order valence-corrected chi connectivity index (χ1v) is 8.71. The summed E-state index contributed by atoms with van der Waals surface area (Å²) < 4.78 is 1.91. The maximum Gasteiger partial charge on any atom is 0.272 e. The molecule has 1 aliphatic carbocycles. The first-order valence-electron chi connectivity index (χ1n) is 8.71. The second-order valence-electron chi connectivity index (χ2n) is 8.13. The van der Waals surface area contributed by atoms with Gasteiger partial charge in [-0.15, -0.1) is 0 Å². The highest BCUT2D eigenvalue weighted by Gasteiger charge is 2.56. The minimum absolute atomic E-state index is 0.157. The van der Waals surface area contributed by atoms with E-state index in [0.29, 0.717) is 18.8 Å². The Balaban J connectivity index is 1.59. The highest BCUT2D eigenvalue weighted by atomic mass is 16.2. The lowest BCUT2D eigenvalue weighted by Crippen LogP contribution is -2.70. The van der Waals surface area contributed by atoms with Gasteiger partial charge in [-0.1, -0.05) is 13.8 Å². The number of aryl methyl sites for hydroxylation is 1. The molecule has 2 atom stereocenters. The fourth-order valence-corrected chi connectivity index (χ4v) is 3.70. The van der Waals surface area contributed by atoms with Crippen molar-refractivity contribution in [2.24, 2.45) is 18.4 Å². The van der Waals surface area contributed by atoms with Crippen LogP contribution in [-0.4, -0.2) is 44.9 Å². The lowest BCUT2D eigenvalue weighted by Gasteiger charge is -2.48. The van der Waals surface area contributed by atoms with Gasteiger partial charge >= 0.3 is 0 Å². The van der Waals surface area contributed by atoms with Crippen LogP contribution in [0, 0.1) is 25.2 Å². The Kier molecular flexibility index (Phi) is 3.77. The molecule has 0 spiro atoms. The summed E-state index contributed by atoms with van der Waals surface area (Å²) in [4.78, 5) is 31.2. The van der Waals surface area contributed by atoms with Gasteiger partial charge in [-0.05, 0) is 39.0 Å². The minimum atomic E-state index is -0.359. The van der Waals surface area contributed by atoms with Gasteiger partial charge in [-0.25, -0.2) is 4.98 Å². The van der Waals surface area contributed by atoms with Gasteiger partial charge in [0.15, 0.2) is 0 Å². The fourth-order valence-electron chi connectivity index (χ4n) is 3.70. The fraction of sp³-hybridized carbons (Fsp3) is 0.722. The van der Waals surface area contributed by atoms with Gasteiger partial charge < -0.3 is 14.8 Å². The van der Waals surface area contributed by atoms with Crippen molar-refractivity contribution in [3.63, 3.8) is 0 Å². The number of aromatic nitrogens is 2. The molecule has 2 unspecified atom stereocenters. The van der Waals surface area contributed by atoms with Gasteiger partial charge in [0.25, 0.3) is 5.91 Å². The van der Waals surface area contributed by atoms with E-state index in [1.807, 2.05) is 37.3 Å². The number of amides is 2. The summed E-state index contributed by atoms with van der Waals surface area (Å²) in [5.41, 5.74) is 1.16. The van der Waals surface area contributed by atoms with Crippen molar-refractivity contribution in [3.05, 3.63) is 17.2 Å². The average Bonchev–Trinajstić information content (AvgIpc) is 3.12. The monoisotopic (exact) mass is 332 g/mol. The van der Waals surface area contributed by atoms with Gasteiger partial charge in [0.1, 0.15) is 11.5 Å².